The van der Waals surface area contributed by atoms with Crippen LogP contribution in [0.2, 0.25) is 0 Å². The highest BCUT2D eigenvalue weighted by atomic mass is 32.2. The van der Waals surface area contributed by atoms with Crippen molar-refractivity contribution in [1.82, 2.24) is 9.62 Å². The maximum Gasteiger partial charge on any atom is 0.251 e. The van der Waals surface area contributed by atoms with Crippen molar-refractivity contribution in [2.45, 2.75) is 37.4 Å². The number of sulfonamides is 1. The van der Waals surface area contributed by atoms with Crippen molar-refractivity contribution in [3.05, 3.63) is 59.7 Å². The van der Waals surface area contributed by atoms with E-state index in [0.717, 1.165) is 11.3 Å². The van der Waals surface area contributed by atoms with Gasteiger partial charge in [0.15, 0.2) is 0 Å². The number of morpholine rings is 1. The van der Waals surface area contributed by atoms with Gasteiger partial charge in [0.25, 0.3) is 5.91 Å². The second kappa shape index (κ2) is 9.59. The summed E-state index contributed by atoms with van der Waals surface area (Å²) in [5, 5.41) is 2.86. The fourth-order valence-electron chi connectivity index (χ4n) is 3.47. The molecule has 0 aliphatic carbocycles. The average molecular weight is 433 g/mol. The molecule has 0 aromatic heterocycles. The minimum atomic E-state index is -3.62. The number of methoxy groups -OCH3 is 1. The van der Waals surface area contributed by atoms with Crippen LogP contribution in [0.1, 0.15) is 29.8 Å². The van der Waals surface area contributed by atoms with Gasteiger partial charge in [0.1, 0.15) is 5.75 Å². The molecule has 30 heavy (non-hydrogen) atoms. The number of hydrogen-bond donors (Lipinski definition) is 1. The standard InChI is InChI=1S/C22H28N2O5S/c1-16-14-24(15-17(2)29-16)30(26,27)21-10-6-19(7-11-21)22(25)23-13-12-18-4-8-20(28-3)9-5-18/h4-11,16-17H,12-15H2,1-3H3,(H,23,25). The van der Waals surface area contributed by atoms with E-state index in [0.29, 0.717) is 31.6 Å². The predicted molar refractivity (Wildman–Crippen MR) is 114 cm³/mol. The summed E-state index contributed by atoms with van der Waals surface area (Å²) in [5.41, 5.74) is 1.51. The van der Waals surface area contributed by atoms with E-state index in [9.17, 15) is 13.2 Å². The molecular formula is C22H28N2O5S. The number of carbonyl (C=O) groups is 1. The first-order valence-electron chi connectivity index (χ1n) is 9.96. The second-order valence-corrected chi connectivity index (χ2v) is 9.40. The second-order valence-electron chi connectivity index (χ2n) is 7.46. The quantitative estimate of drug-likeness (QED) is 0.727. The Kier molecular flexibility index (Phi) is 7.12. The Morgan fingerprint density at radius 2 is 1.67 bits per heavy atom. The number of nitrogens with one attached hydrogen (secondary N) is 1. The number of amides is 1. The number of benzene rings is 2. The molecule has 2 aromatic carbocycles. The first-order chi connectivity index (χ1) is 14.3. The first kappa shape index (κ1) is 22.3. The van der Waals surface area contributed by atoms with Crippen LogP contribution in [0.15, 0.2) is 53.4 Å². The SMILES string of the molecule is COc1ccc(CCNC(=O)c2ccc(S(=O)(=O)N3CC(C)OC(C)C3)cc2)cc1. The molecule has 2 unspecified atom stereocenters. The Morgan fingerprint density at radius 1 is 1.07 bits per heavy atom. The predicted octanol–water partition coefficient (Wildman–Crippen LogP) is 2.47. The van der Waals surface area contributed by atoms with Crippen LogP contribution in [0.5, 0.6) is 5.75 Å². The van der Waals surface area contributed by atoms with Crippen molar-refractivity contribution < 1.29 is 22.7 Å². The average Bonchev–Trinajstić information content (AvgIpc) is 2.73. The Hall–Kier alpha value is -2.42. The van der Waals surface area contributed by atoms with Crippen LogP contribution >= 0.6 is 0 Å². The van der Waals surface area contributed by atoms with Crippen LogP contribution in [0, 0.1) is 0 Å². The van der Waals surface area contributed by atoms with Gasteiger partial charge in [-0.15, -0.1) is 0 Å². The number of ether oxygens (including phenoxy) is 2. The third kappa shape index (κ3) is 5.38. The Bertz CT molecular complexity index is 948. The number of hydrogen-bond acceptors (Lipinski definition) is 5. The Labute approximate surface area is 178 Å². The zero-order valence-corrected chi connectivity index (χ0v) is 18.3. The molecule has 1 aliphatic heterocycles. The van der Waals surface area contributed by atoms with E-state index in [1.54, 1.807) is 19.2 Å². The molecule has 162 valence electrons. The third-order valence-electron chi connectivity index (χ3n) is 5.00. The van der Waals surface area contributed by atoms with Crippen molar-refractivity contribution in [2.75, 3.05) is 26.7 Å². The number of rotatable bonds is 7. The largest absolute Gasteiger partial charge is 0.497 e. The number of carbonyl (C=O) groups excluding carboxylic acids is 1. The monoisotopic (exact) mass is 432 g/mol. The maximum absolute atomic E-state index is 12.9. The summed E-state index contributed by atoms with van der Waals surface area (Å²) >= 11 is 0. The van der Waals surface area contributed by atoms with Crippen LogP contribution in [0.25, 0.3) is 0 Å². The Morgan fingerprint density at radius 3 is 2.23 bits per heavy atom. The molecule has 2 aromatic rings. The molecule has 0 radical (unpaired) electrons. The van der Waals surface area contributed by atoms with Crippen LogP contribution < -0.4 is 10.1 Å². The zero-order valence-electron chi connectivity index (χ0n) is 17.5. The van der Waals surface area contributed by atoms with E-state index in [4.69, 9.17) is 9.47 Å². The van der Waals surface area contributed by atoms with Gasteiger partial charge in [-0.3, -0.25) is 4.79 Å². The molecule has 0 bridgehead atoms. The van der Waals surface area contributed by atoms with E-state index in [-0.39, 0.29) is 23.0 Å². The lowest BCUT2D eigenvalue weighted by Gasteiger charge is -2.34. The van der Waals surface area contributed by atoms with Crippen molar-refractivity contribution >= 4 is 15.9 Å². The van der Waals surface area contributed by atoms with Crippen LogP contribution in [-0.4, -0.2) is 57.6 Å². The van der Waals surface area contributed by atoms with Crippen molar-refractivity contribution in [2.24, 2.45) is 0 Å². The topological polar surface area (TPSA) is 84.9 Å². The lowest BCUT2D eigenvalue weighted by molar-refractivity contribution is -0.0440. The van der Waals surface area contributed by atoms with Crippen LogP contribution in [0.4, 0.5) is 0 Å². The van der Waals surface area contributed by atoms with E-state index in [1.165, 1.54) is 16.4 Å². The summed E-state index contributed by atoms with van der Waals surface area (Å²) in [6, 6.07) is 13.7. The van der Waals surface area contributed by atoms with E-state index in [1.807, 2.05) is 38.1 Å². The van der Waals surface area contributed by atoms with Gasteiger partial charge >= 0.3 is 0 Å². The summed E-state index contributed by atoms with van der Waals surface area (Å²) in [5.74, 6) is 0.555. The van der Waals surface area contributed by atoms with Crippen molar-refractivity contribution in [3.8, 4) is 5.75 Å². The summed E-state index contributed by atoms with van der Waals surface area (Å²) in [6.07, 6.45) is 0.383. The fraction of sp³-hybridized carbons (Fsp3) is 0.409. The molecule has 8 heteroatoms. The Balaban J connectivity index is 1.58. The lowest BCUT2D eigenvalue weighted by atomic mass is 10.1. The molecule has 3 rings (SSSR count). The lowest BCUT2D eigenvalue weighted by Crippen LogP contribution is -2.48. The van der Waals surface area contributed by atoms with Gasteiger partial charge in [-0.25, -0.2) is 8.42 Å². The molecule has 1 N–H and O–H groups in total. The van der Waals surface area contributed by atoms with Gasteiger partial charge < -0.3 is 14.8 Å². The molecule has 1 saturated heterocycles. The highest BCUT2D eigenvalue weighted by Crippen LogP contribution is 2.21. The summed E-state index contributed by atoms with van der Waals surface area (Å²) in [4.78, 5) is 12.6. The van der Waals surface area contributed by atoms with E-state index < -0.39 is 10.0 Å². The summed E-state index contributed by atoms with van der Waals surface area (Å²) in [7, 11) is -2.00. The normalized spacial score (nSPS) is 20.0. The molecule has 0 spiro atoms. The van der Waals surface area contributed by atoms with Gasteiger partial charge in [-0.2, -0.15) is 4.31 Å². The fourth-order valence-corrected chi connectivity index (χ4v) is 5.06. The van der Waals surface area contributed by atoms with E-state index in [2.05, 4.69) is 5.32 Å². The molecule has 0 saturated carbocycles. The number of nitrogens with zero attached hydrogens (tertiary/aromatic N) is 1. The van der Waals surface area contributed by atoms with Gasteiger partial charge in [-0.1, -0.05) is 12.1 Å². The first-order valence-corrected chi connectivity index (χ1v) is 11.4. The van der Waals surface area contributed by atoms with Gasteiger partial charge in [0, 0.05) is 25.2 Å². The van der Waals surface area contributed by atoms with E-state index >= 15 is 0 Å². The zero-order chi connectivity index (χ0) is 21.7. The van der Waals surface area contributed by atoms with Crippen molar-refractivity contribution in [3.63, 3.8) is 0 Å². The summed E-state index contributed by atoms with van der Waals surface area (Å²) in [6.45, 7) is 4.84. The molecule has 1 heterocycles. The van der Waals surface area contributed by atoms with Crippen LogP contribution in [0.3, 0.4) is 0 Å². The molecule has 1 aliphatic rings. The molecular weight excluding hydrogens is 404 g/mol. The molecule has 7 nitrogen and oxygen atoms in total. The molecule has 1 fully saturated rings. The van der Waals surface area contributed by atoms with Crippen molar-refractivity contribution in [1.29, 1.82) is 0 Å². The summed E-state index contributed by atoms with van der Waals surface area (Å²) < 4.78 is 38.0. The third-order valence-corrected chi connectivity index (χ3v) is 6.84. The van der Waals surface area contributed by atoms with Gasteiger partial charge in [0.05, 0.1) is 24.2 Å². The molecule has 2 atom stereocenters. The minimum Gasteiger partial charge on any atom is -0.497 e. The maximum atomic E-state index is 12.9. The van der Waals surface area contributed by atoms with Gasteiger partial charge in [0.2, 0.25) is 10.0 Å². The highest BCUT2D eigenvalue weighted by Gasteiger charge is 2.32. The van der Waals surface area contributed by atoms with Crippen LogP contribution in [-0.2, 0) is 21.2 Å². The smallest absolute Gasteiger partial charge is 0.251 e. The van der Waals surface area contributed by atoms with Gasteiger partial charge in [-0.05, 0) is 62.2 Å². The molecule has 1 amide bonds. The highest BCUT2D eigenvalue weighted by molar-refractivity contribution is 7.89. The minimum absolute atomic E-state index is 0.153.